The van der Waals surface area contributed by atoms with Gasteiger partial charge in [0.2, 0.25) is 0 Å². The van der Waals surface area contributed by atoms with E-state index in [0.717, 1.165) is 51.5 Å². The van der Waals surface area contributed by atoms with Crippen LogP contribution in [0.3, 0.4) is 0 Å². The highest BCUT2D eigenvalue weighted by Crippen LogP contribution is 2.46. The molecule has 1 aliphatic carbocycles. The van der Waals surface area contributed by atoms with Gasteiger partial charge in [-0.1, -0.05) is 30.2 Å². The van der Waals surface area contributed by atoms with Gasteiger partial charge in [0.05, 0.1) is 10.6 Å². The van der Waals surface area contributed by atoms with Crippen molar-refractivity contribution in [3.05, 3.63) is 34.3 Å². The number of alkyl halides is 3. The van der Waals surface area contributed by atoms with E-state index in [4.69, 9.17) is 11.6 Å². The zero-order chi connectivity index (χ0) is 15.7. The average Bonchev–Trinajstić information content (AvgIpc) is 2.43. The lowest BCUT2D eigenvalue weighted by molar-refractivity contribution is -0.137. The van der Waals surface area contributed by atoms with Crippen LogP contribution in [0.25, 0.3) is 0 Å². The number of rotatable bonds is 3. The van der Waals surface area contributed by atoms with Crippen molar-refractivity contribution in [3.8, 4) is 0 Å². The first-order chi connectivity index (χ1) is 10.5. The van der Waals surface area contributed by atoms with E-state index in [2.05, 4.69) is 10.2 Å². The van der Waals surface area contributed by atoms with E-state index >= 15 is 0 Å². The van der Waals surface area contributed by atoms with Crippen molar-refractivity contribution in [2.24, 2.45) is 5.92 Å². The summed E-state index contributed by atoms with van der Waals surface area (Å²) in [5.41, 5.74) is -0.0748. The van der Waals surface area contributed by atoms with Crippen LogP contribution in [0, 0.1) is 5.92 Å². The predicted octanol–water partition coefficient (Wildman–Crippen LogP) is 4.95. The number of nitrogens with one attached hydrogen (secondary N) is 1. The standard InChI is InChI=1S/C16H20ClF3N2.2ClH/c17-14-12(5-2-6-13(14)16(18,19)20)15(11-3-1-4-11)22-9-7-21-8-10-22;;/h2,5-6,11,15,21H,1,3-4,7-10H2;2*1H/t15-;;/m0../s1. The molecule has 0 spiro atoms. The summed E-state index contributed by atoms with van der Waals surface area (Å²) in [6.45, 7) is 3.46. The molecular formula is C16H22Cl3F3N2. The Morgan fingerprint density at radius 1 is 1.12 bits per heavy atom. The second-order valence-corrected chi connectivity index (χ2v) is 6.51. The lowest BCUT2D eigenvalue weighted by Crippen LogP contribution is -2.48. The first-order valence-corrected chi connectivity index (χ1v) is 8.16. The molecule has 3 rings (SSSR count). The topological polar surface area (TPSA) is 15.3 Å². The Labute approximate surface area is 157 Å². The summed E-state index contributed by atoms with van der Waals surface area (Å²) < 4.78 is 39.4. The summed E-state index contributed by atoms with van der Waals surface area (Å²) >= 11 is 6.17. The predicted molar refractivity (Wildman–Crippen MR) is 95.5 cm³/mol. The molecule has 1 saturated carbocycles. The maximum absolute atomic E-state index is 13.1. The number of nitrogens with zero attached hydrogens (tertiary/aromatic N) is 1. The number of halogens is 6. The van der Waals surface area contributed by atoms with Gasteiger partial charge in [-0.3, -0.25) is 4.90 Å². The largest absolute Gasteiger partial charge is 0.417 e. The SMILES string of the molecule is Cl.Cl.FC(F)(F)c1cccc([C@H](C2CCC2)N2CCNCC2)c1Cl. The molecule has 0 bridgehead atoms. The molecule has 1 atom stereocenters. The molecule has 1 saturated heterocycles. The smallest absolute Gasteiger partial charge is 0.314 e. The Hall–Kier alpha value is -0.200. The Morgan fingerprint density at radius 3 is 2.25 bits per heavy atom. The molecule has 1 aromatic rings. The summed E-state index contributed by atoms with van der Waals surface area (Å²) in [6.07, 6.45) is -1.10. The van der Waals surface area contributed by atoms with Gasteiger partial charge in [0.1, 0.15) is 0 Å². The summed E-state index contributed by atoms with van der Waals surface area (Å²) in [7, 11) is 0. The molecular weight excluding hydrogens is 384 g/mol. The Morgan fingerprint density at radius 2 is 1.75 bits per heavy atom. The molecule has 2 fully saturated rings. The van der Waals surface area contributed by atoms with Crippen molar-refractivity contribution in [2.45, 2.75) is 31.5 Å². The molecule has 0 amide bonds. The van der Waals surface area contributed by atoms with E-state index in [1.165, 1.54) is 6.07 Å². The normalized spacial score (nSPS) is 20.5. The highest BCUT2D eigenvalue weighted by molar-refractivity contribution is 6.32. The molecule has 0 radical (unpaired) electrons. The van der Waals surface area contributed by atoms with Gasteiger partial charge in [0.25, 0.3) is 0 Å². The fourth-order valence-electron chi connectivity index (χ4n) is 3.46. The van der Waals surface area contributed by atoms with E-state index in [1.807, 2.05) is 0 Å². The van der Waals surface area contributed by atoms with Crippen molar-refractivity contribution in [1.29, 1.82) is 0 Å². The van der Waals surface area contributed by atoms with Crippen molar-refractivity contribution >= 4 is 36.4 Å². The van der Waals surface area contributed by atoms with E-state index in [9.17, 15) is 13.2 Å². The summed E-state index contributed by atoms with van der Waals surface area (Å²) in [4.78, 5) is 2.29. The molecule has 8 heteroatoms. The number of hydrogen-bond donors (Lipinski definition) is 1. The van der Waals surface area contributed by atoms with Crippen molar-refractivity contribution in [2.75, 3.05) is 26.2 Å². The van der Waals surface area contributed by atoms with E-state index in [-0.39, 0.29) is 35.9 Å². The molecule has 1 aliphatic heterocycles. The van der Waals surface area contributed by atoms with Crippen molar-refractivity contribution < 1.29 is 13.2 Å². The Kier molecular flexibility index (Phi) is 8.14. The highest BCUT2D eigenvalue weighted by Gasteiger charge is 2.39. The monoisotopic (exact) mass is 404 g/mol. The summed E-state index contributed by atoms with van der Waals surface area (Å²) in [6, 6.07) is 4.33. The van der Waals surface area contributed by atoms with Crippen LogP contribution < -0.4 is 5.32 Å². The minimum Gasteiger partial charge on any atom is -0.314 e. The van der Waals surface area contributed by atoms with Gasteiger partial charge in [-0.15, -0.1) is 24.8 Å². The zero-order valence-corrected chi connectivity index (χ0v) is 15.5. The van der Waals surface area contributed by atoms with Crippen LogP contribution in [0.1, 0.15) is 36.4 Å². The quantitative estimate of drug-likeness (QED) is 0.765. The van der Waals surface area contributed by atoms with Gasteiger partial charge in [-0.05, 0) is 30.4 Å². The Bertz CT molecular complexity index is 530. The van der Waals surface area contributed by atoms with Crippen LogP contribution in [0.2, 0.25) is 5.02 Å². The van der Waals surface area contributed by atoms with E-state index in [0.29, 0.717) is 11.5 Å². The number of hydrogen-bond acceptors (Lipinski definition) is 2. The Balaban J connectivity index is 0.00000144. The molecule has 24 heavy (non-hydrogen) atoms. The van der Waals surface area contributed by atoms with Crippen LogP contribution in [-0.2, 0) is 6.18 Å². The van der Waals surface area contributed by atoms with Gasteiger partial charge < -0.3 is 5.32 Å². The van der Waals surface area contributed by atoms with E-state index < -0.39 is 11.7 Å². The molecule has 1 heterocycles. The van der Waals surface area contributed by atoms with Crippen LogP contribution in [0.4, 0.5) is 13.2 Å². The highest BCUT2D eigenvalue weighted by atomic mass is 35.5. The first-order valence-electron chi connectivity index (χ1n) is 7.79. The van der Waals surface area contributed by atoms with Gasteiger partial charge in [0.15, 0.2) is 0 Å². The lowest BCUT2D eigenvalue weighted by atomic mass is 9.76. The molecule has 0 aromatic heterocycles. The third-order valence-electron chi connectivity index (χ3n) is 4.79. The van der Waals surface area contributed by atoms with Gasteiger partial charge in [-0.2, -0.15) is 13.2 Å². The second-order valence-electron chi connectivity index (χ2n) is 6.13. The second kappa shape index (κ2) is 8.95. The summed E-state index contributed by atoms with van der Waals surface area (Å²) in [5.74, 6) is 0.416. The maximum atomic E-state index is 13.1. The van der Waals surface area contributed by atoms with E-state index in [1.54, 1.807) is 6.07 Å². The number of benzene rings is 1. The van der Waals surface area contributed by atoms with Crippen LogP contribution in [-0.4, -0.2) is 31.1 Å². The fraction of sp³-hybridized carbons (Fsp3) is 0.625. The first kappa shape index (κ1) is 21.8. The molecule has 2 nitrogen and oxygen atoms in total. The zero-order valence-electron chi connectivity index (χ0n) is 13.1. The third-order valence-corrected chi connectivity index (χ3v) is 5.22. The molecule has 2 aliphatic rings. The minimum atomic E-state index is -4.40. The van der Waals surface area contributed by atoms with Crippen LogP contribution in [0.15, 0.2) is 18.2 Å². The molecule has 0 unspecified atom stereocenters. The lowest BCUT2D eigenvalue weighted by Gasteiger charge is -2.43. The molecule has 1 N–H and O–H groups in total. The van der Waals surface area contributed by atoms with Crippen LogP contribution >= 0.6 is 36.4 Å². The summed E-state index contributed by atoms with van der Waals surface area (Å²) in [5, 5.41) is 3.17. The third kappa shape index (κ3) is 4.50. The number of piperazine rings is 1. The van der Waals surface area contributed by atoms with Crippen LogP contribution in [0.5, 0.6) is 0 Å². The average molecular weight is 406 g/mol. The fourth-order valence-corrected chi connectivity index (χ4v) is 3.81. The van der Waals surface area contributed by atoms with Crippen molar-refractivity contribution in [1.82, 2.24) is 10.2 Å². The van der Waals surface area contributed by atoms with Gasteiger partial charge in [0, 0.05) is 32.2 Å². The maximum Gasteiger partial charge on any atom is 0.417 e. The molecule has 1 aromatic carbocycles. The van der Waals surface area contributed by atoms with Crippen molar-refractivity contribution in [3.63, 3.8) is 0 Å². The van der Waals surface area contributed by atoms with Gasteiger partial charge >= 0.3 is 6.18 Å². The minimum absolute atomic E-state index is 0. The molecule has 138 valence electrons. The van der Waals surface area contributed by atoms with Gasteiger partial charge in [-0.25, -0.2) is 0 Å².